The molecule has 0 aliphatic rings. The maximum atomic E-state index is 13.0. The maximum absolute atomic E-state index is 13.0. The van der Waals surface area contributed by atoms with Crippen LogP contribution in [-0.2, 0) is 16.1 Å². The number of hydrogen-bond acceptors (Lipinski definition) is 5. The fourth-order valence-electron chi connectivity index (χ4n) is 2.92. The minimum Gasteiger partial charge on any atom is -0.383 e. The minimum absolute atomic E-state index is 0.135. The number of carbonyl (C=O) groups excluding carboxylic acids is 1. The molecule has 29 heavy (non-hydrogen) atoms. The molecule has 0 saturated carbocycles. The molecule has 1 N–H and O–H groups in total. The largest absolute Gasteiger partial charge is 0.383 e. The molecule has 8 heteroatoms. The number of methoxy groups -OCH3 is 1. The standard InChI is InChI=1S/C21H22ClN3O3S/c1-14(12-28-2)25-20(27)17-5-3-4-6-18(17)24-21(25)29-13-19(26)23-11-15-7-9-16(22)10-8-15/h3-10,14H,11-13H2,1-2H3,(H,23,26)/t14-/m0/s1. The number of carbonyl (C=O) groups is 1. The molecule has 152 valence electrons. The first-order chi connectivity index (χ1) is 14.0. The molecular weight excluding hydrogens is 410 g/mol. The predicted molar refractivity (Wildman–Crippen MR) is 117 cm³/mol. The van der Waals surface area contributed by atoms with E-state index in [4.69, 9.17) is 16.3 Å². The summed E-state index contributed by atoms with van der Waals surface area (Å²) in [5, 5.41) is 4.57. The average molecular weight is 432 g/mol. The highest BCUT2D eigenvalue weighted by atomic mass is 35.5. The summed E-state index contributed by atoms with van der Waals surface area (Å²) in [7, 11) is 1.59. The lowest BCUT2D eigenvalue weighted by atomic mass is 10.2. The Labute approximate surface area is 178 Å². The van der Waals surface area contributed by atoms with Crippen molar-refractivity contribution in [3.05, 3.63) is 69.5 Å². The van der Waals surface area contributed by atoms with Crippen LogP contribution in [0.1, 0.15) is 18.5 Å². The molecule has 1 heterocycles. The van der Waals surface area contributed by atoms with E-state index in [-0.39, 0.29) is 23.3 Å². The summed E-state index contributed by atoms with van der Waals surface area (Å²) in [5.74, 6) is 0.0104. The third-order valence-corrected chi connectivity index (χ3v) is 5.56. The molecule has 2 aromatic carbocycles. The first-order valence-electron chi connectivity index (χ1n) is 9.13. The summed E-state index contributed by atoms with van der Waals surface area (Å²) < 4.78 is 6.82. The van der Waals surface area contributed by atoms with Gasteiger partial charge >= 0.3 is 0 Å². The second kappa shape index (κ2) is 9.91. The van der Waals surface area contributed by atoms with Gasteiger partial charge in [0.25, 0.3) is 5.56 Å². The number of para-hydroxylation sites is 1. The monoisotopic (exact) mass is 431 g/mol. The highest BCUT2D eigenvalue weighted by Crippen LogP contribution is 2.21. The van der Waals surface area contributed by atoms with Crippen molar-refractivity contribution in [1.82, 2.24) is 14.9 Å². The van der Waals surface area contributed by atoms with Crippen molar-refractivity contribution in [3.8, 4) is 0 Å². The van der Waals surface area contributed by atoms with E-state index in [9.17, 15) is 9.59 Å². The van der Waals surface area contributed by atoms with E-state index in [1.165, 1.54) is 11.8 Å². The molecule has 6 nitrogen and oxygen atoms in total. The molecule has 0 aliphatic heterocycles. The third-order valence-electron chi connectivity index (χ3n) is 4.36. The van der Waals surface area contributed by atoms with Gasteiger partial charge < -0.3 is 10.1 Å². The number of halogens is 1. The van der Waals surface area contributed by atoms with Crippen molar-refractivity contribution in [2.24, 2.45) is 0 Å². The van der Waals surface area contributed by atoms with Gasteiger partial charge in [-0.25, -0.2) is 4.98 Å². The van der Waals surface area contributed by atoms with Crippen molar-refractivity contribution >= 4 is 40.2 Å². The minimum atomic E-state index is -0.204. The highest BCUT2D eigenvalue weighted by Gasteiger charge is 2.17. The van der Waals surface area contributed by atoms with Gasteiger partial charge in [-0.15, -0.1) is 0 Å². The number of benzene rings is 2. The van der Waals surface area contributed by atoms with Crippen LogP contribution in [0.4, 0.5) is 0 Å². The Morgan fingerprint density at radius 2 is 1.97 bits per heavy atom. The lowest BCUT2D eigenvalue weighted by Crippen LogP contribution is -2.29. The van der Waals surface area contributed by atoms with Crippen LogP contribution in [-0.4, -0.2) is 34.9 Å². The Morgan fingerprint density at radius 1 is 1.24 bits per heavy atom. The maximum Gasteiger partial charge on any atom is 0.262 e. The number of nitrogens with zero attached hydrogens (tertiary/aromatic N) is 2. The Bertz CT molecular complexity index is 1050. The van der Waals surface area contributed by atoms with Crippen molar-refractivity contribution in [2.45, 2.75) is 24.7 Å². The number of ether oxygens (including phenoxy) is 1. The summed E-state index contributed by atoms with van der Waals surface area (Å²) in [6.07, 6.45) is 0. The molecule has 1 atom stereocenters. The normalized spacial score (nSPS) is 12.1. The first kappa shape index (κ1) is 21.4. The van der Waals surface area contributed by atoms with E-state index in [0.29, 0.717) is 34.2 Å². The molecular formula is C21H22ClN3O3S. The SMILES string of the molecule is COC[C@H](C)n1c(SCC(=O)NCc2ccc(Cl)cc2)nc2ccccc2c1=O. The molecule has 0 aliphatic carbocycles. The fourth-order valence-corrected chi connectivity index (χ4v) is 3.97. The summed E-state index contributed by atoms with van der Waals surface area (Å²) >= 11 is 7.11. The fraction of sp³-hybridized carbons (Fsp3) is 0.286. The van der Waals surface area contributed by atoms with Crippen molar-refractivity contribution < 1.29 is 9.53 Å². The molecule has 3 rings (SSSR count). The van der Waals surface area contributed by atoms with Gasteiger partial charge in [0, 0.05) is 18.7 Å². The zero-order valence-electron chi connectivity index (χ0n) is 16.2. The van der Waals surface area contributed by atoms with E-state index in [2.05, 4.69) is 10.3 Å². The average Bonchev–Trinajstić information content (AvgIpc) is 2.72. The Hall–Kier alpha value is -2.35. The van der Waals surface area contributed by atoms with E-state index in [0.717, 1.165) is 5.56 Å². The molecule has 0 bridgehead atoms. The van der Waals surface area contributed by atoms with E-state index >= 15 is 0 Å². The van der Waals surface area contributed by atoms with E-state index in [1.807, 2.05) is 31.2 Å². The third kappa shape index (κ3) is 5.38. The molecule has 1 aromatic heterocycles. The lowest BCUT2D eigenvalue weighted by Gasteiger charge is -2.18. The summed E-state index contributed by atoms with van der Waals surface area (Å²) in [5.41, 5.74) is 1.44. The van der Waals surface area contributed by atoms with Gasteiger partial charge in [-0.3, -0.25) is 14.2 Å². The first-order valence-corrected chi connectivity index (χ1v) is 10.5. The molecule has 3 aromatic rings. The van der Waals surface area contributed by atoms with Crippen LogP contribution in [0.25, 0.3) is 10.9 Å². The van der Waals surface area contributed by atoms with Gasteiger partial charge in [0.2, 0.25) is 5.91 Å². The predicted octanol–water partition coefficient (Wildman–Crippen LogP) is 3.67. The molecule has 1 amide bonds. The number of fused-ring (bicyclic) bond motifs is 1. The van der Waals surface area contributed by atoms with Gasteiger partial charge in [0.05, 0.1) is 29.3 Å². The van der Waals surface area contributed by atoms with Crippen LogP contribution in [0.2, 0.25) is 5.02 Å². The smallest absolute Gasteiger partial charge is 0.262 e. The topological polar surface area (TPSA) is 73.2 Å². The van der Waals surface area contributed by atoms with Crippen LogP contribution in [0.5, 0.6) is 0 Å². The number of thioether (sulfide) groups is 1. The van der Waals surface area contributed by atoms with E-state index < -0.39 is 0 Å². The summed E-state index contributed by atoms with van der Waals surface area (Å²) in [6.45, 7) is 2.68. The van der Waals surface area contributed by atoms with Crippen LogP contribution in [0.3, 0.4) is 0 Å². The number of amides is 1. The number of hydrogen-bond donors (Lipinski definition) is 1. The Balaban J connectivity index is 1.75. The number of aromatic nitrogens is 2. The summed E-state index contributed by atoms with van der Waals surface area (Å²) in [4.78, 5) is 29.9. The quantitative estimate of drug-likeness (QED) is 0.435. The number of rotatable bonds is 8. The highest BCUT2D eigenvalue weighted by molar-refractivity contribution is 7.99. The van der Waals surface area contributed by atoms with Crippen LogP contribution in [0.15, 0.2) is 58.5 Å². The second-order valence-corrected chi connectivity index (χ2v) is 7.96. The lowest BCUT2D eigenvalue weighted by molar-refractivity contribution is -0.118. The molecule has 0 radical (unpaired) electrons. The van der Waals surface area contributed by atoms with E-state index in [1.54, 1.807) is 35.9 Å². The Kier molecular flexibility index (Phi) is 7.30. The van der Waals surface area contributed by atoms with Gasteiger partial charge in [-0.2, -0.15) is 0 Å². The second-order valence-electron chi connectivity index (χ2n) is 6.58. The zero-order chi connectivity index (χ0) is 20.8. The van der Waals surface area contributed by atoms with Crippen molar-refractivity contribution in [1.29, 1.82) is 0 Å². The summed E-state index contributed by atoms with van der Waals surface area (Å²) in [6, 6.07) is 14.3. The van der Waals surface area contributed by atoms with Crippen LogP contribution < -0.4 is 10.9 Å². The molecule has 0 spiro atoms. The van der Waals surface area contributed by atoms with Gasteiger partial charge in [-0.05, 0) is 36.8 Å². The van der Waals surface area contributed by atoms with Gasteiger partial charge in [-0.1, -0.05) is 47.6 Å². The van der Waals surface area contributed by atoms with Crippen LogP contribution >= 0.6 is 23.4 Å². The molecule has 0 saturated heterocycles. The Morgan fingerprint density at radius 3 is 2.69 bits per heavy atom. The van der Waals surface area contributed by atoms with Crippen molar-refractivity contribution in [2.75, 3.05) is 19.5 Å². The number of nitrogens with one attached hydrogen (secondary N) is 1. The zero-order valence-corrected chi connectivity index (χ0v) is 17.8. The molecule has 0 unspecified atom stereocenters. The van der Waals surface area contributed by atoms with Gasteiger partial charge in [0.15, 0.2) is 5.16 Å². The molecule has 0 fully saturated rings. The van der Waals surface area contributed by atoms with Crippen LogP contribution in [0, 0.1) is 0 Å². The van der Waals surface area contributed by atoms with Crippen molar-refractivity contribution in [3.63, 3.8) is 0 Å². The van der Waals surface area contributed by atoms with Gasteiger partial charge in [0.1, 0.15) is 0 Å².